The number of Topliss-reactive ketones (excluding diaryl/α,β-unsaturated/α-hetero) is 1. The summed E-state index contributed by atoms with van der Waals surface area (Å²) < 4.78 is 5.30. The zero-order valence-electron chi connectivity index (χ0n) is 12.5. The summed E-state index contributed by atoms with van der Waals surface area (Å²) in [6, 6.07) is 6.71. The number of rotatable bonds is 2. The monoisotopic (exact) mass is 301 g/mol. The van der Waals surface area contributed by atoms with E-state index in [1.54, 1.807) is 12.1 Å². The first kappa shape index (κ1) is 14.7. The molecule has 0 aromatic heterocycles. The largest absolute Gasteiger partial charge is 0.378 e. The number of benzene rings is 1. The molecule has 1 amide bonds. The van der Waals surface area contributed by atoms with Gasteiger partial charge in [0.05, 0.1) is 19.6 Å². The number of aryl methyl sites for hydroxylation is 1. The molecule has 1 fully saturated rings. The molecule has 2 aliphatic heterocycles. The van der Waals surface area contributed by atoms with Crippen molar-refractivity contribution in [3.63, 3.8) is 0 Å². The van der Waals surface area contributed by atoms with E-state index in [2.05, 4.69) is 10.3 Å². The molecule has 0 spiro atoms. The lowest BCUT2D eigenvalue weighted by molar-refractivity contribution is -0.120. The van der Waals surface area contributed by atoms with Crippen molar-refractivity contribution in [1.82, 2.24) is 10.2 Å². The van der Waals surface area contributed by atoms with Gasteiger partial charge in [0.15, 0.2) is 5.78 Å². The minimum Gasteiger partial charge on any atom is -0.378 e. The van der Waals surface area contributed by atoms with Gasteiger partial charge in [-0.2, -0.15) is 0 Å². The number of hydrogen-bond donors (Lipinski definition) is 1. The maximum absolute atomic E-state index is 12.6. The van der Waals surface area contributed by atoms with E-state index < -0.39 is 6.04 Å². The third-order valence-electron chi connectivity index (χ3n) is 3.86. The molecule has 22 heavy (non-hydrogen) atoms. The van der Waals surface area contributed by atoms with Crippen LogP contribution in [0, 0.1) is 6.92 Å². The fourth-order valence-electron chi connectivity index (χ4n) is 2.57. The molecule has 6 heteroatoms. The van der Waals surface area contributed by atoms with Gasteiger partial charge in [-0.05, 0) is 6.92 Å². The fourth-order valence-corrected chi connectivity index (χ4v) is 2.57. The highest BCUT2D eigenvalue weighted by atomic mass is 16.5. The Balaban J connectivity index is 1.80. The van der Waals surface area contributed by atoms with Crippen molar-refractivity contribution in [2.24, 2.45) is 4.99 Å². The molecule has 2 heterocycles. The van der Waals surface area contributed by atoms with Crippen LogP contribution < -0.4 is 5.32 Å². The Labute approximate surface area is 129 Å². The Morgan fingerprint density at radius 1 is 1.27 bits per heavy atom. The van der Waals surface area contributed by atoms with Crippen LogP contribution in [0.1, 0.15) is 22.3 Å². The quantitative estimate of drug-likeness (QED) is 0.819. The molecule has 0 unspecified atom stereocenters. The van der Waals surface area contributed by atoms with Crippen LogP contribution in [-0.2, 0) is 9.53 Å². The van der Waals surface area contributed by atoms with Crippen LogP contribution in [-0.4, -0.2) is 54.9 Å². The number of ether oxygens (including phenoxy) is 1. The average Bonchev–Trinajstić information content (AvgIpc) is 2.55. The van der Waals surface area contributed by atoms with Gasteiger partial charge in [0.25, 0.3) is 0 Å². The molecular formula is C16H19N3O3. The SMILES string of the molecule is Cc1ccc(C(=O)[C@H]2CC(=O)NC(N3CCOCC3)=N2)cc1. The molecule has 116 valence electrons. The number of carbonyl (C=O) groups is 2. The second-order valence-electron chi connectivity index (χ2n) is 5.55. The zero-order chi connectivity index (χ0) is 15.5. The van der Waals surface area contributed by atoms with Crippen LogP contribution in [0.25, 0.3) is 0 Å². The molecule has 0 aliphatic carbocycles. The van der Waals surface area contributed by atoms with Gasteiger partial charge in [-0.3, -0.25) is 14.9 Å². The molecule has 1 saturated heterocycles. The molecule has 0 bridgehead atoms. The van der Waals surface area contributed by atoms with E-state index in [4.69, 9.17) is 4.74 Å². The summed E-state index contributed by atoms with van der Waals surface area (Å²) in [4.78, 5) is 30.9. The second-order valence-corrected chi connectivity index (χ2v) is 5.55. The minimum atomic E-state index is -0.644. The Hall–Kier alpha value is -2.21. The number of morpholine rings is 1. The van der Waals surface area contributed by atoms with E-state index in [9.17, 15) is 9.59 Å². The van der Waals surface area contributed by atoms with Crippen LogP contribution in [0.15, 0.2) is 29.3 Å². The molecular weight excluding hydrogens is 282 g/mol. The lowest BCUT2D eigenvalue weighted by Crippen LogP contribution is -2.52. The normalized spacial score (nSPS) is 22.0. The molecule has 0 radical (unpaired) electrons. The smallest absolute Gasteiger partial charge is 0.229 e. The number of hydrogen-bond acceptors (Lipinski definition) is 5. The van der Waals surface area contributed by atoms with Gasteiger partial charge in [0.2, 0.25) is 11.9 Å². The zero-order valence-corrected chi connectivity index (χ0v) is 12.5. The van der Waals surface area contributed by atoms with Gasteiger partial charge in [-0.15, -0.1) is 0 Å². The third-order valence-corrected chi connectivity index (χ3v) is 3.86. The van der Waals surface area contributed by atoms with Crippen LogP contribution in [0.3, 0.4) is 0 Å². The molecule has 0 saturated carbocycles. The van der Waals surface area contributed by atoms with Crippen molar-refractivity contribution in [3.05, 3.63) is 35.4 Å². The molecule has 6 nitrogen and oxygen atoms in total. The molecule has 1 atom stereocenters. The Kier molecular flexibility index (Phi) is 4.20. The van der Waals surface area contributed by atoms with E-state index in [1.807, 2.05) is 24.0 Å². The maximum Gasteiger partial charge on any atom is 0.229 e. The highest BCUT2D eigenvalue weighted by Crippen LogP contribution is 2.14. The number of aliphatic imine (C=N–C) groups is 1. The van der Waals surface area contributed by atoms with Crippen LogP contribution in [0.2, 0.25) is 0 Å². The third kappa shape index (κ3) is 3.17. The summed E-state index contributed by atoms with van der Waals surface area (Å²) in [5, 5.41) is 2.76. The number of guanidine groups is 1. The summed E-state index contributed by atoms with van der Waals surface area (Å²) in [6.07, 6.45) is 0.0978. The van der Waals surface area contributed by atoms with Crippen molar-refractivity contribution >= 4 is 17.6 Å². The number of nitrogens with zero attached hydrogens (tertiary/aromatic N) is 2. The lowest BCUT2D eigenvalue weighted by atomic mass is 10.00. The summed E-state index contributed by atoms with van der Waals surface area (Å²) >= 11 is 0. The van der Waals surface area contributed by atoms with Crippen LogP contribution >= 0.6 is 0 Å². The number of nitrogens with one attached hydrogen (secondary N) is 1. The Morgan fingerprint density at radius 2 is 1.95 bits per heavy atom. The van der Waals surface area contributed by atoms with Crippen LogP contribution in [0.5, 0.6) is 0 Å². The number of ketones is 1. The lowest BCUT2D eigenvalue weighted by Gasteiger charge is -2.32. The fraction of sp³-hybridized carbons (Fsp3) is 0.438. The van der Waals surface area contributed by atoms with Crippen molar-refractivity contribution in [3.8, 4) is 0 Å². The summed E-state index contributed by atoms with van der Waals surface area (Å²) in [6.45, 7) is 4.52. The first-order valence-corrected chi connectivity index (χ1v) is 7.45. The summed E-state index contributed by atoms with van der Waals surface area (Å²) in [5.74, 6) is 0.215. The highest BCUT2D eigenvalue weighted by molar-refractivity contribution is 6.08. The van der Waals surface area contributed by atoms with Gasteiger partial charge in [-0.1, -0.05) is 29.8 Å². The average molecular weight is 301 g/mol. The molecule has 1 aromatic carbocycles. The summed E-state index contributed by atoms with van der Waals surface area (Å²) in [7, 11) is 0. The van der Waals surface area contributed by atoms with Gasteiger partial charge in [0.1, 0.15) is 6.04 Å². The van der Waals surface area contributed by atoms with Crippen molar-refractivity contribution < 1.29 is 14.3 Å². The number of carbonyl (C=O) groups excluding carboxylic acids is 2. The predicted molar refractivity (Wildman–Crippen MR) is 81.9 cm³/mol. The Morgan fingerprint density at radius 3 is 2.64 bits per heavy atom. The number of amides is 1. The highest BCUT2D eigenvalue weighted by Gasteiger charge is 2.30. The molecule has 3 rings (SSSR count). The maximum atomic E-state index is 12.6. The Bertz CT molecular complexity index is 604. The second kappa shape index (κ2) is 6.27. The van der Waals surface area contributed by atoms with E-state index >= 15 is 0 Å². The van der Waals surface area contributed by atoms with E-state index in [0.717, 1.165) is 5.56 Å². The molecule has 1 N–H and O–H groups in total. The molecule has 1 aromatic rings. The first-order valence-electron chi connectivity index (χ1n) is 7.45. The standard InChI is InChI=1S/C16H19N3O3/c1-11-2-4-12(5-3-11)15(21)13-10-14(20)18-16(17-13)19-6-8-22-9-7-19/h2-5,13H,6-10H2,1H3,(H,17,18,20)/t13-/m1/s1. The van der Waals surface area contributed by atoms with Gasteiger partial charge < -0.3 is 9.64 Å². The van der Waals surface area contributed by atoms with Crippen molar-refractivity contribution in [2.45, 2.75) is 19.4 Å². The van der Waals surface area contributed by atoms with Gasteiger partial charge >= 0.3 is 0 Å². The molecule has 2 aliphatic rings. The van der Waals surface area contributed by atoms with E-state index in [0.29, 0.717) is 37.8 Å². The van der Waals surface area contributed by atoms with Crippen molar-refractivity contribution in [2.75, 3.05) is 26.3 Å². The predicted octanol–water partition coefficient (Wildman–Crippen LogP) is 0.754. The first-order chi connectivity index (χ1) is 10.6. The van der Waals surface area contributed by atoms with E-state index in [-0.39, 0.29) is 18.1 Å². The van der Waals surface area contributed by atoms with Crippen molar-refractivity contribution in [1.29, 1.82) is 0 Å². The topological polar surface area (TPSA) is 71.0 Å². The summed E-state index contributed by atoms with van der Waals surface area (Å²) in [5.41, 5.74) is 1.69. The van der Waals surface area contributed by atoms with Crippen LogP contribution in [0.4, 0.5) is 0 Å². The van der Waals surface area contributed by atoms with Gasteiger partial charge in [-0.25, -0.2) is 4.99 Å². The van der Waals surface area contributed by atoms with Gasteiger partial charge in [0, 0.05) is 18.7 Å². The van der Waals surface area contributed by atoms with E-state index in [1.165, 1.54) is 0 Å². The minimum absolute atomic E-state index is 0.0978.